The minimum Gasteiger partial charge on any atom is -0.263 e. The van der Waals surface area contributed by atoms with Gasteiger partial charge in [0.25, 0.3) is 10.0 Å². The lowest BCUT2D eigenvalue weighted by Crippen LogP contribution is -2.14. The second-order valence-corrected chi connectivity index (χ2v) is 7.33. The van der Waals surface area contributed by atoms with E-state index in [2.05, 4.69) is 41.6 Å². The van der Waals surface area contributed by atoms with Crippen molar-refractivity contribution in [1.29, 1.82) is 0 Å². The Kier molecular flexibility index (Phi) is 4.27. The van der Waals surface area contributed by atoms with E-state index in [0.29, 0.717) is 10.3 Å². The van der Waals surface area contributed by atoms with Gasteiger partial charge in [-0.05, 0) is 52.7 Å². The van der Waals surface area contributed by atoms with E-state index in [1.165, 1.54) is 12.1 Å². The highest BCUT2D eigenvalue weighted by Crippen LogP contribution is 2.21. The summed E-state index contributed by atoms with van der Waals surface area (Å²) in [7, 11) is -3.62. The van der Waals surface area contributed by atoms with E-state index >= 15 is 0 Å². The molecule has 0 saturated carbocycles. The molecule has 0 aliphatic rings. The second-order valence-electron chi connectivity index (χ2n) is 3.88. The van der Waals surface area contributed by atoms with Gasteiger partial charge in [-0.3, -0.25) is 4.72 Å². The van der Waals surface area contributed by atoms with E-state index in [1.807, 2.05) is 6.92 Å². The molecular weight excluding hydrogens is 396 g/mol. The molecule has 0 unspecified atom stereocenters. The fourth-order valence-corrected chi connectivity index (χ4v) is 3.24. The van der Waals surface area contributed by atoms with Crippen LogP contribution >= 0.6 is 31.9 Å². The molecule has 0 fully saturated rings. The third kappa shape index (κ3) is 3.55. The van der Waals surface area contributed by atoms with Crippen molar-refractivity contribution in [3.8, 4) is 0 Å². The highest BCUT2D eigenvalue weighted by molar-refractivity contribution is 9.10. The predicted molar refractivity (Wildman–Crippen MR) is 81.6 cm³/mol. The zero-order valence-electron chi connectivity index (χ0n) is 9.89. The van der Waals surface area contributed by atoms with Crippen molar-refractivity contribution in [2.75, 3.05) is 4.72 Å². The van der Waals surface area contributed by atoms with Crippen LogP contribution in [0.4, 0.5) is 5.82 Å². The number of nitrogens with one attached hydrogen (secondary N) is 1. The van der Waals surface area contributed by atoms with Crippen LogP contribution in [0.2, 0.25) is 0 Å². The number of anilines is 1. The first-order chi connectivity index (χ1) is 8.88. The summed E-state index contributed by atoms with van der Waals surface area (Å²) in [5.41, 5.74) is 0.905. The lowest BCUT2D eigenvalue weighted by Gasteiger charge is -2.08. The van der Waals surface area contributed by atoms with Crippen LogP contribution in [0.1, 0.15) is 5.56 Å². The number of aryl methyl sites for hydroxylation is 1. The lowest BCUT2D eigenvalue weighted by atomic mass is 10.3. The van der Waals surface area contributed by atoms with Gasteiger partial charge in [0, 0.05) is 15.1 Å². The summed E-state index contributed by atoms with van der Waals surface area (Å²) in [5.74, 6) is 0.292. The smallest absolute Gasteiger partial charge is 0.263 e. The van der Waals surface area contributed by atoms with E-state index in [-0.39, 0.29) is 4.90 Å². The van der Waals surface area contributed by atoms with Crippen LogP contribution in [0, 0.1) is 6.92 Å². The van der Waals surface area contributed by atoms with Crippen molar-refractivity contribution in [3.63, 3.8) is 0 Å². The van der Waals surface area contributed by atoms with Gasteiger partial charge < -0.3 is 0 Å². The second kappa shape index (κ2) is 5.60. The van der Waals surface area contributed by atoms with Crippen LogP contribution in [0.3, 0.4) is 0 Å². The summed E-state index contributed by atoms with van der Waals surface area (Å²) in [6.07, 6.45) is 1.56. The molecule has 0 spiro atoms. The van der Waals surface area contributed by atoms with Gasteiger partial charge in [0.15, 0.2) is 0 Å². The molecule has 0 aliphatic heterocycles. The molecule has 2 rings (SSSR count). The van der Waals surface area contributed by atoms with Gasteiger partial charge in [0.05, 0.1) is 4.90 Å². The van der Waals surface area contributed by atoms with Crippen molar-refractivity contribution in [1.82, 2.24) is 4.98 Å². The van der Waals surface area contributed by atoms with Crippen LogP contribution in [-0.4, -0.2) is 13.4 Å². The van der Waals surface area contributed by atoms with Crippen LogP contribution in [0.5, 0.6) is 0 Å². The van der Waals surface area contributed by atoms with Gasteiger partial charge in [0.1, 0.15) is 5.82 Å². The molecule has 0 radical (unpaired) electrons. The monoisotopic (exact) mass is 404 g/mol. The molecule has 7 heteroatoms. The normalized spacial score (nSPS) is 11.3. The Balaban J connectivity index is 2.33. The Morgan fingerprint density at radius 2 is 1.95 bits per heavy atom. The number of hydrogen-bond donors (Lipinski definition) is 1. The summed E-state index contributed by atoms with van der Waals surface area (Å²) in [6, 6.07) is 8.16. The SMILES string of the molecule is Cc1cc(NS(=O)(=O)c2cccc(Br)c2)ncc1Br. The van der Waals surface area contributed by atoms with Gasteiger partial charge in [-0.15, -0.1) is 0 Å². The molecule has 1 aromatic carbocycles. The molecule has 0 atom stereocenters. The van der Waals surface area contributed by atoms with Gasteiger partial charge in [-0.1, -0.05) is 22.0 Å². The number of rotatable bonds is 3. The molecule has 1 aromatic heterocycles. The van der Waals surface area contributed by atoms with Crippen molar-refractivity contribution >= 4 is 47.7 Å². The van der Waals surface area contributed by atoms with E-state index < -0.39 is 10.0 Å². The van der Waals surface area contributed by atoms with Gasteiger partial charge in [-0.2, -0.15) is 0 Å². The Bertz CT molecular complexity index is 717. The third-order valence-electron chi connectivity index (χ3n) is 2.39. The molecule has 1 N–H and O–H groups in total. The first-order valence-electron chi connectivity index (χ1n) is 5.29. The van der Waals surface area contributed by atoms with Crippen LogP contribution in [0.25, 0.3) is 0 Å². The summed E-state index contributed by atoms with van der Waals surface area (Å²) in [6.45, 7) is 1.86. The summed E-state index contributed by atoms with van der Waals surface area (Å²) < 4.78 is 28.3. The number of aromatic nitrogens is 1. The van der Waals surface area contributed by atoms with Gasteiger partial charge in [0.2, 0.25) is 0 Å². The fourth-order valence-electron chi connectivity index (χ4n) is 1.43. The summed E-state index contributed by atoms with van der Waals surface area (Å²) in [5, 5.41) is 0. The molecular formula is C12H10Br2N2O2S. The maximum absolute atomic E-state index is 12.2. The summed E-state index contributed by atoms with van der Waals surface area (Å²) >= 11 is 6.56. The van der Waals surface area contributed by atoms with Gasteiger partial charge in [-0.25, -0.2) is 13.4 Å². The largest absolute Gasteiger partial charge is 0.263 e. The zero-order chi connectivity index (χ0) is 14.0. The maximum atomic E-state index is 12.2. The van der Waals surface area contributed by atoms with Gasteiger partial charge >= 0.3 is 0 Å². The van der Waals surface area contributed by atoms with E-state index in [4.69, 9.17) is 0 Å². The predicted octanol–water partition coefficient (Wildman–Crippen LogP) is 3.72. The number of benzene rings is 1. The summed E-state index contributed by atoms with van der Waals surface area (Å²) in [4.78, 5) is 4.21. The fraction of sp³-hybridized carbons (Fsp3) is 0.0833. The molecule has 100 valence electrons. The Morgan fingerprint density at radius 3 is 2.58 bits per heavy atom. The molecule has 0 amide bonds. The van der Waals surface area contributed by atoms with Crippen LogP contribution in [-0.2, 0) is 10.0 Å². The molecule has 0 bridgehead atoms. The number of sulfonamides is 1. The third-order valence-corrected chi connectivity index (χ3v) is 5.07. The molecule has 0 saturated heterocycles. The average Bonchev–Trinajstić information content (AvgIpc) is 2.33. The van der Waals surface area contributed by atoms with Crippen molar-refractivity contribution in [2.24, 2.45) is 0 Å². The minimum absolute atomic E-state index is 0.184. The van der Waals surface area contributed by atoms with Crippen molar-refractivity contribution in [3.05, 3.63) is 51.0 Å². The van der Waals surface area contributed by atoms with Crippen molar-refractivity contribution < 1.29 is 8.42 Å². The minimum atomic E-state index is -3.62. The average molecular weight is 406 g/mol. The number of hydrogen-bond acceptors (Lipinski definition) is 3. The maximum Gasteiger partial charge on any atom is 0.263 e. The Morgan fingerprint density at radius 1 is 1.21 bits per heavy atom. The quantitative estimate of drug-likeness (QED) is 0.846. The van der Waals surface area contributed by atoms with E-state index in [1.54, 1.807) is 24.4 Å². The Hall–Kier alpha value is -0.920. The van der Waals surface area contributed by atoms with E-state index in [0.717, 1.165) is 10.0 Å². The molecule has 1 heterocycles. The first-order valence-corrected chi connectivity index (χ1v) is 8.36. The molecule has 2 aromatic rings. The number of nitrogens with zero attached hydrogens (tertiary/aromatic N) is 1. The Labute approximate surface area is 128 Å². The number of pyridine rings is 1. The lowest BCUT2D eigenvalue weighted by molar-refractivity contribution is 0.601. The highest BCUT2D eigenvalue weighted by atomic mass is 79.9. The molecule has 0 aliphatic carbocycles. The van der Waals surface area contributed by atoms with E-state index in [9.17, 15) is 8.42 Å². The standard InChI is InChI=1S/C12H10Br2N2O2S/c1-8-5-12(15-7-11(8)14)16-19(17,18)10-4-2-3-9(13)6-10/h2-7H,1H3,(H,15,16). The van der Waals surface area contributed by atoms with Crippen LogP contribution in [0.15, 0.2) is 50.4 Å². The first kappa shape index (κ1) is 14.5. The molecule has 19 heavy (non-hydrogen) atoms. The topological polar surface area (TPSA) is 59.1 Å². The van der Waals surface area contributed by atoms with Crippen LogP contribution < -0.4 is 4.72 Å². The highest BCUT2D eigenvalue weighted by Gasteiger charge is 2.15. The molecule has 4 nitrogen and oxygen atoms in total. The number of halogens is 2. The van der Waals surface area contributed by atoms with Crippen molar-refractivity contribution in [2.45, 2.75) is 11.8 Å². The zero-order valence-corrected chi connectivity index (χ0v) is 13.9.